The topological polar surface area (TPSA) is 74.3 Å². The standard InChI is InChI=1S/C19H18ClF3N4O2/c1-27-7-6-13(26-27)11-28-14-4-5-17(24)18(9-14)25-10-12-2-3-15(8-16(12)20)29-19(21,22)23/h2-9,25H,10-11,24H2,1H3. The lowest BCUT2D eigenvalue weighted by Crippen LogP contribution is -2.17. The second-order valence-corrected chi connectivity index (χ2v) is 6.58. The van der Waals surface area contributed by atoms with Gasteiger partial charge in [-0.05, 0) is 35.9 Å². The molecule has 154 valence electrons. The van der Waals surface area contributed by atoms with Gasteiger partial charge in [0, 0.05) is 30.9 Å². The Bertz CT molecular complexity index is 992. The molecule has 0 unspecified atom stereocenters. The normalized spacial score (nSPS) is 11.3. The van der Waals surface area contributed by atoms with E-state index in [9.17, 15) is 13.2 Å². The molecule has 3 N–H and O–H groups in total. The Balaban J connectivity index is 1.64. The van der Waals surface area contributed by atoms with E-state index in [0.717, 1.165) is 11.8 Å². The first-order chi connectivity index (χ1) is 13.7. The number of nitrogen functional groups attached to an aromatic ring is 1. The van der Waals surface area contributed by atoms with Crippen LogP contribution in [-0.4, -0.2) is 16.1 Å². The van der Waals surface area contributed by atoms with E-state index in [2.05, 4.69) is 15.2 Å². The van der Waals surface area contributed by atoms with Crippen molar-refractivity contribution in [1.82, 2.24) is 9.78 Å². The first-order valence-electron chi connectivity index (χ1n) is 8.48. The number of aromatic nitrogens is 2. The number of aryl methyl sites for hydroxylation is 1. The smallest absolute Gasteiger partial charge is 0.487 e. The fourth-order valence-electron chi connectivity index (χ4n) is 2.53. The highest BCUT2D eigenvalue weighted by Gasteiger charge is 2.31. The molecule has 3 aromatic rings. The Morgan fingerprint density at radius 1 is 1.14 bits per heavy atom. The van der Waals surface area contributed by atoms with E-state index in [0.29, 0.717) is 29.3 Å². The minimum atomic E-state index is -4.77. The van der Waals surface area contributed by atoms with Crippen LogP contribution in [0.2, 0.25) is 5.02 Å². The third kappa shape index (κ3) is 5.95. The van der Waals surface area contributed by atoms with E-state index in [4.69, 9.17) is 22.1 Å². The second-order valence-electron chi connectivity index (χ2n) is 6.17. The van der Waals surface area contributed by atoms with Crippen LogP contribution < -0.4 is 20.5 Å². The Labute approximate surface area is 170 Å². The third-order valence-electron chi connectivity index (χ3n) is 3.91. The summed E-state index contributed by atoms with van der Waals surface area (Å²) in [6.07, 6.45) is -2.95. The van der Waals surface area contributed by atoms with Crippen LogP contribution in [0, 0.1) is 0 Å². The maximum absolute atomic E-state index is 12.3. The fraction of sp³-hybridized carbons (Fsp3) is 0.211. The maximum atomic E-state index is 12.3. The average Bonchev–Trinajstić information content (AvgIpc) is 3.05. The molecule has 0 aliphatic heterocycles. The summed E-state index contributed by atoms with van der Waals surface area (Å²) in [5, 5.41) is 7.48. The Morgan fingerprint density at radius 2 is 1.90 bits per heavy atom. The SMILES string of the molecule is Cn1ccc(COc2ccc(N)c(NCc3ccc(OC(F)(F)F)cc3Cl)c2)n1. The number of hydrogen-bond acceptors (Lipinski definition) is 5. The molecule has 2 aromatic carbocycles. The molecular weight excluding hydrogens is 409 g/mol. The van der Waals surface area contributed by atoms with Gasteiger partial charge in [0.1, 0.15) is 18.1 Å². The van der Waals surface area contributed by atoms with Gasteiger partial charge in [0.15, 0.2) is 0 Å². The van der Waals surface area contributed by atoms with Gasteiger partial charge in [-0.3, -0.25) is 4.68 Å². The van der Waals surface area contributed by atoms with E-state index in [1.807, 2.05) is 19.3 Å². The highest BCUT2D eigenvalue weighted by Crippen LogP contribution is 2.29. The van der Waals surface area contributed by atoms with Gasteiger partial charge in [0.05, 0.1) is 17.1 Å². The molecule has 0 aliphatic carbocycles. The maximum Gasteiger partial charge on any atom is 0.573 e. The molecule has 0 bridgehead atoms. The molecule has 1 aromatic heterocycles. The van der Waals surface area contributed by atoms with Crippen molar-refractivity contribution in [3.05, 3.63) is 64.9 Å². The van der Waals surface area contributed by atoms with Crippen molar-refractivity contribution >= 4 is 23.0 Å². The van der Waals surface area contributed by atoms with Crippen LogP contribution in [0.5, 0.6) is 11.5 Å². The number of rotatable bonds is 7. The summed E-state index contributed by atoms with van der Waals surface area (Å²) >= 11 is 6.06. The summed E-state index contributed by atoms with van der Waals surface area (Å²) in [6, 6.07) is 10.8. The highest BCUT2D eigenvalue weighted by molar-refractivity contribution is 6.31. The molecule has 0 spiro atoms. The van der Waals surface area contributed by atoms with E-state index in [-0.39, 0.29) is 17.3 Å². The molecule has 10 heteroatoms. The lowest BCUT2D eigenvalue weighted by atomic mass is 10.2. The number of benzene rings is 2. The van der Waals surface area contributed by atoms with Crippen molar-refractivity contribution in [2.24, 2.45) is 7.05 Å². The lowest BCUT2D eigenvalue weighted by Gasteiger charge is -2.14. The monoisotopic (exact) mass is 426 g/mol. The quantitative estimate of drug-likeness (QED) is 0.533. The van der Waals surface area contributed by atoms with Gasteiger partial charge in [0.25, 0.3) is 0 Å². The van der Waals surface area contributed by atoms with Crippen LogP contribution >= 0.6 is 11.6 Å². The predicted molar refractivity (Wildman–Crippen MR) is 104 cm³/mol. The summed E-state index contributed by atoms with van der Waals surface area (Å²) in [5.74, 6) is 0.211. The molecule has 29 heavy (non-hydrogen) atoms. The highest BCUT2D eigenvalue weighted by atomic mass is 35.5. The molecular formula is C19H18ClF3N4O2. The zero-order valence-electron chi connectivity index (χ0n) is 15.3. The van der Waals surface area contributed by atoms with Gasteiger partial charge >= 0.3 is 6.36 Å². The number of nitrogens with two attached hydrogens (primary N) is 1. The van der Waals surface area contributed by atoms with E-state index >= 15 is 0 Å². The minimum absolute atomic E-state index is 0.139. The number of ether oxygens (including phenoxy) is 2. The molecule has 3 rings (SSSR count). The van der Waals surface area contributed by atoms with E-state index in [1.54, 1.807) is 22.9 Å². The summed E-state index contributed by atoms with van der Waals surface area (Å²) < 4.78 is 48.1. The Morgan fingerprint density at radius 3 is 2.55 bits per heavy atom. The molecule has 0 atom stereocenters. The van der Waals surface area contributed by atoms with Crippen LogP contribution in [0.4, 0.5) is 24.5 Å². The lowest BCUT2D eigenvalue weighted by molar-refractivity contribution is -0.274. The van der Waals surface area contributed by atoms with Crippen LogP contribution in [0.1, 0.15) is 11.3 Å². The molecule has 0 saturated heterocycles. The fourth-order valence-corrected chi connectivity index (χ4v) is 2.77. The largest absolute Gasteiger partial charge is 0.573 e. The molecule has 0 amide bonds. The number of nitrogens with one attached hydrogen (secondary N) is 1. The van der Waals surface area contributed by atoms with Crippen LogP contribution in [-0.2, 0) is 20.2 Å². The summed E-state index contributed by atoms with van der Waals surface area (Å²) in [7, 11) is 1.82. The summed E-state index contributed by atoms with van der Waals surface area (Å²) in [6.45, 7) is 0.551. The summed E-state index contributed by atoms with van der Waals surface area (Å²) in [5.41, 5.74) is 8.45. The first kappa shape index (κ1) is 20.7. The number of alkyl halides is 3. The second kappa shape index (κ2) is 8.52. The molecule has 0 radical (unpaired) electrons. The molecule has 1 heterocycles. The Kier molecular flexibility index (Phi) is 6.07. The molecule has 6 nitrogen and oxygen atoms in total. The zero-order valence-corrected chi connectivity index (χ0v) is 16.1. The van der Waals surface area contributed by atoms with Crippen molar-refractivity contribution in [1.29, 1.82) is 0 Å². The van der Waals surface area contributed by atoms with Crippen molar-refractivity contribution in [2.75, 3.05) is 11.1 Å². The van der Waals surface area contributed by atoms with Gasteiger partial charge in [0.2, 0.25) is 0 Å². The summed E-state index contributed by atoms with van der Waals surface area (Å²) in [4.78, 5) is 0. The predicted octanol–water partition coefficient (Wildman–Crippen LogP) is 4.75. The Hall–Kier alpha value is -3.07. The molecule has 0 aliphatic rings. The zero-order chi connectivity index (χ0) is 21.0. The van der Waals surface area contributed by atoms with Gasteiger partial charge in [-0.2, -0.15) is 5.10 Å². The molecule has 0 saturated carbocycles. The number of anilines is 2. The van der Waals surface area contributed by atoms with Gasteiger partial charge in [-0.25, -0.2) is 0 Å². The van der Waals surface area contributed by atoms with Crippen LogP contribution in [0.3, 0.4) is 0 Å². The van der Waals surface area contributed by atoms with Crippen molar-refractivity contribution in [2.45, 2.75) is 19.5 Å². The van der Waals surface area contributed by atoms with Crippen LogP contribution in [0.25, 0.3) is 0 Å². The van der Waals surface area contributed by atoms with Crippen molar-refractivity contribution in [3.8, 4) is 11.5 Å². The minimum Gasteiger partial charge on any atom is -0.487 e. The van der Waals surface area contributed by atoms with E-state index in [1.165, 1.54) is 12.1 Å². The third-order valence-corrected chi connectivity index (χ3v) is 4.26. The van der Waals surface area contributed by atoms with Gasteiger partial charge < -0.3 is 20.5 Å². The van der Waals surface area contributed by atoms with E-state index < -0.39 is 6.36 Å². The van der Waals surface area contributed by atoms with Crippen molar-refractivity contribution in [3.63, 3.8) is 0 Å². The molecule has 0 fully saturated rings. The number of nitrogens with zero attached hydrogens (tertiary/aromatic N) is 2. The average molecular weight is 427 g/mol. The number of hydrogen-bond donors (Lipinski definition) is 2. The number of halogens is 4. The van der Waals surface area contributed by atoms with Crippen molar-refractivity contribution < 1.29 is 22.6 Å². The first-order valence-corrected chi connectivity index (χ1v) is 8.86. The van der Waals surface area contributed by atoms with Crippen LogP contribution in [0.15, 0.2) is 48.7 Å². The van der Waals surface area contributed by atoms with Gasteiger partial charge in [-0.15, -0.1) is 13.2 Å². The van der Waals surface area contributed by atoms with Gasteiger partial charge in [-0.1, -0.05) is 17.7 Å².